The molecule has 42 valence electrons. The van der Waals surface area contributed by atoms with Crippen LogP contribution >= 0.6 is 0 Å². The maximum Gasteiger partial charge on any atom is 2.00 e. The summed E-state index contributed by atoms with van der Waals surface area (Å²) in [4.78, 5) is 0. The maximum absolute atomic E-state index is 2.36. The largest absolute Gasteiger partial charge is 2.00 e. The Morgan fingerprint density at radius 1 is 1.00 bits per heavy atom. The summed E-state index contributed by atoms with van der Waals surface area (Å²) in [6.45, 7) is 0. The molecular formula is C6H12W. The molecule has 1 aliphatic rings. The van der Waals surface area contributed by atoms with E-state index in [-0.39, 0.29) is 28.5 Å². The SMILES string of the molecule is [CH-]1CCCC1.[CH3-].[W+2]. The standard InChI is InChI=1S/C5H9.CH3.W/c1-2-4-5-3-1;;/h1H,2-5H2;1H3;/q2*-1;+2. The first-order valence-corrected chi connectivity index (χ1v) is 2.32. The first-order valence-electron chi connectivity index (χ1n) is 2.32. The van der Waals surface area contributed by atoms with E-state index in [1.54, 1.807) is 0 Å². The molecule has 1 aliphatic carbocycles. The van der Waals surface area contributed by atoms with Crippen LogP contribution in [0.4, 0.5) is 0 Å². The molecule has 7 heavy (non-hydrogen) atoms. The summed E-state index contributed by atoms with van der Waals surface area (Å²) in [5, 5.41) is 0. The molecular weight excluding hydrogens is 256 g/mol. The summed E-state index contributed by atoms with van der Waals surface area (Å²) in [5.74, 6) is 0. The third kappa shape index (κ3) is 4.54. The summed E-state index contributed by atoms with van der Waals surface area (Å²) in [6.07, 6.45) is 8.00. The third-order valence-electron chi connectivity index (χ3n) is 1.07. The second-order valence-corrected chi connectivity index (χ2v) is 1.57. The first-order chi connectivity index (χ1) is 2.50. The molecule has 0 atom stereocenters. The Bertz CT molecular complexity index is 15.8. The minimum atomic E-state index is 0. The summed E-state index contributed by atoms with van der Waals surface area (Å²) in [5.41, 5.74) is 0. The van der Waals surface area contributed by atoms with Gasteiger partial charge >= 0.3 is 21.1 Å². The van der Waals surface area contributed by atoms with Crippen LogP contribution < -0.4 is 0 Å². The average molecular weight is 268 g/mol. The predicted octanol–water partition coefficient (Wildman–Crippen LogP) is 2.21. The van der Waals surface area contributed by atoms with Crippen molar-refractivity contribution in [2.45, 2.75) is 25.7 Å². The van der Waals surface area contributed by atoms with Gasteiger partial charge in [-0.3, -0.25) is 0 Å². The molecule has 1 rings (SSSR count). The van der Waals surface area contributed by atoms with Crippen LogP contribution in [0, 0.1) is 13.8 Å². The molecule has 0 N–H and O–H groups in total. The van der Waals surface area contributed by atoms with Crippen molar-refractivity contribution in [3.05, 3.63) is 13.8 Å². The van der Waals surface area contributed by atoms with E-state index >= 15 is 0 Å². The molecule has 0 aromatic heterocycles. The smallest absolute Gasteiger partial charge is 0.358 e. The molecule has 0 nitrogen and oxygen atoms in total. The Morgan fingerprint density at radius 2 is 1.43 bits per heavy atom. The van der Waals surface area contributed by atoms with Crippen LogP contribution in [0.25, 0.3) is 0 Å². The van der Waals surface area contributed by atoms with E-state index in [9.17, 15) is 0 Å². The van der Waals surface area contributed by atoms with Gasteiger partial charge in [0.25, 0.3) is 0 Å². The second kappa shape index (κ2) is 6.69. The van der Waals surface area contributed by atoms with Crippen LogP contribution in [0.2, 0.25) is 0 Å². The Hall–Kier alpha value is 0.688. The fourth-order valence-corrected chi connectivity index (χ4v) is 0.722. The molecule has 0 heterocycles. The van der Waals surface area contributed by atoms with E-state index in [0.29, 0.717) is 0 Å². The topological polar surface area (TPSA) is 0 Å². The summed E-state index contributed by atoms with van der Waals surface area (Å²) in [6, 6.07) is 0. The molecule has 0 radical (unpaired) electrons. The van der Waals surface area contributed by atoms with Gasteiger partial charge < -0.3 is 13.8 Å². The molecule has 0 aliphatic heterocycles. The van der Waals surface area contributed by atoms with Gasteiger partial charge in [-0.15, -0.1) is 0 Å². The molecule has 0 saturated heterocycles. The van der Waals surface area contributed by atoms with Crippen LogP contribution in [0.1, 0.15) is 25.7 Å². The number of hydrogen-bond donors (Lipinski definition) is 0. The Kier molecular flexibility index (Phi) is 10.2. The molecule has 0 unspecified atom stereocenters. The van der Waals surface area contributed by atoms with Crippen LogP contribution in [0.5, 0.6) is 0 Å². The van der Waals surface area contributed by atoms with Gasteiger partial charge in [0.15, 0.2) is 0 Å². The van der Waals surface area contributed by atoms with Gasteiger partial charge in [0, 0.05) is 0 Å². The van der Waals surface area contributed by atoms with Gasteiger partial charge in [0.05, 0.1) is 0 Å². The minimum Gasteiger partial charge on any atom is -0.358 e. The monoisotopic (exact) mass is 268 g/mol. The molecule has 0 spiro atoms. The zero-order valence-corrected chi connectivity index (χ0v) is 7.75. The van der Waals surface area contributed by atoms with Crippen molar-refractivity contribution in [3.63, 3.8) is 0 Å². The van der Waals surface area contributed by atoms with Crippen molar-refractivity contribution in [2.75, 3.05) is 0 Å². The quantitative estimate of drug-likeness (QED) is 0.591. The number of rotatable bonds is 0. The zero-order chi connectivity index (χ0) is 3.54. The molecule has 1 heteroatoms. The maximum atomic E-state index is 2.36. The van der Waals surface area contributed by atoms with E-state index in [0.717, 1.165) is 0 Å². The predicted molar refractivity (Wildman–Crippen MR) is 29.2 cm³/mol. The van der Waals surface area contributed by atoms with Gasteiger partial charge in [-0.05, 0) is 0 Å². The molecule has 0 aromatic carbocycles. The summed E-state index contributed by atoms with van der Waals surface area (Å²) < 4.78 is 0. The van der Waals surface area contributed by atoms with Crippen molar-refractivity contribution in [2.24, 2.45) is 0 Å². The first kappa shape index (κ1) is 10.6. The van der Waals surface area contributed by atoms with E-state index < -0.39 is 0 Å². The average Bonchev–Trinajstić information content (AvgIpc) is 1.76. The van der Waals surface area contributed by atoms with E-state index in [4.69, 9.17) is 0 Å². The van der Waals surface area contributed by atoms with Gasteiger partial charge in [-0.25, -0.2) is 0 Å². The van der Waals surface area contributed by atoms with Crippen molar-refractivity contribution in [1.29, 1.82) is 0 Å². The third-order valence-corrected chi connectivity index (χ3v) is 1.07. The zero-order valence-electron chi connectivity index (χ0n) is 4.81. The van der Waals surface area contributed by atoms with Gasteiger partial charge in [0.1, 0.15) is 0 Å². The van der Waals surface area contributed by atoms with Crippen LogP contribution in [-0.2, 0) is 21.1 Å². The molecule has 0 aromatic rings. The summed E-state index contributed by atoms with van der Waals surface area (Å²) in [7, 11) is 0. The second-order valence-electron chi connectivity index (χ2n) is 1.57. The Balaban J connectivity index is 0. The molecule has 0 amide bonds. The van der Waals surface area contributed by atoms with Crippen molar-refractivity contribution in [3.8, 4) is 0 Å². The van der Waals surface area contributed by atoms with Gasteiger partial charge in [-0.2, -0.15) is 12.8 Å². The van der Waals surface area contributed by atoms with Gasteiger partial charge in [-0.1, -0.05) is 12.8 Å². The van der Waals surface area contributed by atoms with Crippen LogP contribution in [0.15, 0.2) is 0 Å². The van der Waals surface area contributed by atoms with Crippen LogP contribution in [0.3, 0.4) is 0 Å². The Morgan fingerprint density at radius 3 is 1.57 bits per heavy atom. The number of hydrogen-bond acceptors (Lipinski definition) is 0. The molecule has 1 fully saturated rings. The van der Waals surface area contributed by atoms with E-state index in [1.807, 2.05) is 0 Å². The van der Waals surface area contributed by atoms with Crippen molar-refractivity contribution >= 4 is 0 Å². The Labute approximate surface area is 61.0 Å². The molecule has 1 saturated carbocycles. The van der Waals surface area contributed by atoms with Gasteiger partial charge in [0.2, 0.25) is 0 Å². The summed E-state index contributed by atoms with van der Waals surface area (Å²) >= 11 is 0. The van der Waals surface area contributed by atoms with E-state index in [1.165, 1.54) is 25.7 Å². The van der Waals surface area contributed by atoms with Crippen molar-refractivity contribution < 1.29 is 21.1 Å². The van der Waals surface area contributed by atoms with Crippen molar-refractivity contribution in [1.82, 2.24) is 0 Å². The fourth-order valence-electron chi connectivity index (χ4n) is 0.722. The minimum absolute atomic E-state index is 0. The molecule has 0 bridgehead atoms. The van der Waals surface area contributed by atoms with E-state index in [2.05, 4.69) is 6.42 Å². The normalized spacial score (nSPS) is 17.1. The van der Waals surface area contributed by atoms with Crippen LogP contribution in [-0.4, -0.2) is 0 Å². The fraction of sp³-hybridized carbons (Fsp3) is 0.667.